The van der Waals surface area contributed by atoms with Crippen molar-refractivity contribution < 1.29 is 14.0 Å². The molecular formula is C17H24FN3O2. The topological polar surface area (TPSA) is 75.4 Å². The Hall–Kier alpha value is -1.95. The summed E-state index contributed by atoms with van der Waals surface area (Å²) in [5, 5.41) is 2.91. The predicted octanol–water partition coefficient (Wildman–Crippen LogP) is 1.07. The summed E-state index contributed by atoms with van der Waals surface area (Å²) in [6.45, 7) is 3.81. The summed E-state index contributed by atoms with van der Waals surface area (Å²) in [5.74, 6) is -0.601. The van der Waals surface area contributed by atoms with Crippen LogP contribution in [0.5, 0.6) is 0 Å². The maximum Gasteiger partial charge on any atom is 0.237 e. The number of nitrogens with one attached hydrogen (secondary N) is 1. The average Bonchev–Trinajstić information content (AvgIpc) is 2.56. The monoisotopic (exact) mass is 321 g/mol. The van der Waals surface area contributed by atoms with Gasteiger partial charge in [-0.1, -0.05) is 12.1 Å². The normalized spacial score (nSPS) is 17.7. The fraction of sp³-hybridized carbons (Fsp3) is 0.529. The molecule has 2 amide bonds. The predicted molar refractivity (Wildman–Crippen MR) is 86.1 cm³/mol. The molecule has 3 N–H and O–H groups in total. The highest BCUT2D eigenvalue weighted by Crippen LogP contribution is 2.18. The third-order valence-electron chi connectivity index (χ3n) is 4.49. The van der Waals surface area contributed by atoms with Crippen LogP contribution in [0, 0.1) is 11.7 Å². The molecule has 1 fully saturated rings. The number of amides is 2. The fourth-order valence-corrected chi connectivity index (χ4v) is 2.87. The highest BCUT2D eigenvalue weighted by atomic mass is 19.1. The minimum Gasteiger partial charge on any atom is -0.369 e. The molecule has 0 saturated carbocycles. The number of likely N-dealkylation sites (tertiary alicyclic amines) is 1. The molecule has 5 nitrogen and oxygen atoms in total. The average molecular weight is 321 g/mol. The second kappa shape index (κ2) is 8.06. The van der Waals surface area contributed by atoms with E-state index in [0.29, 0.717) is 38.9 Å². The Labute approximate surface area is 136 Å². The van der Waals surface area contributed by atoms with Gasteiger partial charge in [0.1, 0.15) is 5.82 Å². The molecule has 1 aromatic rings. The third kappa shape index (κ3) is 5.03. The summed E-state index contributed by atoms with van der Waals surface area (Å²) in [5.41, 5.74) is 6.31. The number of hydrogen-bond donors (Lipinski definition) is 2. The summed E-state index contributed by atoms with van der Waals surface area (Å²) < 4.78 is 12.8. The number of halogens is 1. The molecule has 1 atom stereocenters. The Kier molecular flexibility index (Phi) is 6.10. The molecule has 23 heavy (non-hydrogen) atoms. The molecule has 0 bridgehead atoms. The van der Waals surface area contributed by atoms with Crippen molar-refractivity contribution in [1.29, 1.82) is 0 Å². The van der Waals surface area contributed by atoms with Crippen LogP contribution >= 0.6 is 0 Å². The van der Waals surface area contributed by atoms with Gasteiger partial charge in [-0.3, -0.25) is 14.5 Å². The zero-order valence-corrected chi connectivity index (χ0v) is 13.4. The van der Waals surface area contributed by atoms with Gasteiger partial charge < -0.3 is 11.1 Å². The van der Waals surface area contributed by atoms with Gasteiger partial charge in [0.05, 0.1) is 6.04 Å². The quantitative estimate of drug-likeness (QED) is 0.823. The number of carbonyl (C=O) groups is 2. The molecule has 1 aliphatic rings. The molecular weight excluding hydrogens is 297 g/mol. The van der Waals surface area contributed by atoms with Crippen molar-refractivity contribution in [2.24, 2.45) is 11.7 Å². The number of nitrogens with two attached hydrogens (primary N) is 1. The maximum atomic E-state index is 12.8. The van der Waals surface area contributed by atoms with Gasteiger partial charge in [0, 0.05) is 12.5 Å². The molecule has 2 rings (SSSR count). The fourth-order valence-electron chi connectivity index (χ4n) is 2.87. The van der Waals surface area contributed by atoms with E-state index in [0.717, 1.165) is 5.56 Å². The Balaban J connectivity index is 1.73. The van der Waals surface area contributed by atoms with Crippen LogP contribution in [-0.2, 0) is 16.0 Å². The molecule has 1 heterocycles. The SMILES string of the molecule is C[C@@H](C(=O)NCCc1ccc(F)cc1)N1CCC(C(N)=O)CC1. The van der Waals surface area contributed by atoms with Crippen LogP contribution in [-0.4, -0.2) is 42.4 Å². The Bertz CT molecular complexity index is 539. The van der Waals surface area contributed by atoms with E-state index < -0.39 is 0 Å². The van der Waals surface area contributed by atoms with Crippen molar-refractivity contribution in [3.63, 3.8) is 0 Å². The number of hydrogen-bond acceptors (Lipinski definition) is 3. The van der Waals surface area contributed by atoms with Crippen molar-refractivity contribution in [1.82, 2.24) is 10.2 Å². The van der Waals surface area contributed by atoms with Crippen molar-refractivity contribution in [2.45, 2.75) is 32.2 Å². The lowest BCUT2D eigenvalue weighted by Crippen LogP contribution is -2.49. The number of piperidine rings is 1. The van der Waals surface area contributed by atoms with E-state index in [-0.39, 0.29) is 29.6 Å². The van der Waals surface area contributed by atoms with Crippen molar-refractivity contribution >= 4 is 11.8 Å². The minimum atomic E-state index is -0.259. The van der Waals surface area contributed by atoms with Crippen LogP contribution in [0.25, 0.3) is 0 Å². The summed E-state index contributed by atoms with van der Waals surface area (Å²) >= 11 is 0. The molecule has 1 aliphatic heterocycles. The molecule has 1 aromatic carbocycles. The summed E-state index contributed by atoms with van der Waals surface area (Å²) in [6.07, 6.45) is 2.09. The smallest absolute Gasteiger partial charge is 0.237 e. The first-order chi connectivity index (χ1) is 11.0. The Morgan fingerprint density at radius 1 is 1.30 bits per heavy atom. The van der Waals surface area contributed by atoms with Gasteiger partial charge in [0.25, 0.3) is 0 Å². The molecule has 0 spiro atoms. The highest BCUT2D eigenvalue weighted by molar-refractivity contribution is 5.81. The van der Waals surface area contributed by atoms with Crippen LogP contribution in [0.1, 0.15) is 25.3 Å². The lowest BCUT2D eigenvalue weighted by Gasteiger charge is -2.34. The summed E-state index contributed by atoms with van der Waals surface area (Å²) in [4.78, 5) is 25.4. The summed E-state index contributed by atoms with van der Waals surface area (Å²) in [7, 11) is 0. The maximum absolute atomic E-state index is 12.8. The minimum absolute atomic E-state index is 0.0235. The van der Waals surface area contributed by atoms with Gasteiger partial charge in [-0.2, -0.15) is 0 Å². The van der Waals surface area contributed by atoms with Crippen LogP contribution in [0.3, 0.4) is 0 Å². The molecule has 0 aliphatic carbocycles. The van der Waals surface area contributed by atoms with Crippen molar-refractivity contribution in [3.8, 4) is 0 Å². The van der Waals surface area contributed by atoms with Crippen LogP contribution < -0.4 is 11.1 Å². The van der Waals surface area contributed by atoms with E-state index >= 15 is 0 Å². The van der Waals surface area contributed by atoms with Gasteiger partial charge in [0.15, 0.2) is 0 Å². The van der Waals surface area contributed by atoms with E-state index in [1.165, 1.54) is 12.1 Å². The standard InChI is InChI=1S/C17H24FN3O2/c1-12(21-10-7-14(8-11-21)16(19)22)17(23)20-9-6-13-2-4-15(18)5-3-13/h2-5,12,14H,6-11H2,1H3,(H2,19,22)(H,20,23)/t12-/m0/s1. The largest absolute Gasteiger partial charge is 0.369 e. The second-order valence-electron chi connectivity index (χ2n) is 6.06. The first kappa shape index (κ1) is 17.4. The zero-order chi connectivity index (χ0) is 16.8. The van der Waals surface area contributed by atoms with Gasteiger partial charge in [0.2, 0.25) is 11.8 Å². The molecule has 0 radical (unpaired) electrons. The number of rotatable bonds is 6. The van der Waals surface area contributed by atoms with E-state index in [4.69, 9.17) is 5.73 Å². The number of carbonyl (C=O) groups excluding carboxylic acids is 2. The van der Waals surface area contributed by atoms with E-state index in [1.54, 1.807) is 12.1 Å². The van der Waals surface area contributed by atoms with Crippen LogP contribution in [0.2, 0.25) is 0 Å². The van der Waals surface area contributed by atoms with Gasteiger partial charge in [-0.25, -0.2) is 4.39 Å². The summed E-state index contributed by atoms with van der Waals surface area (Å²) in [6, 6.07) is 6.06. The molecule has 1 saturated heterocycles. The lowest BCUT2D eigenvalue weighted by atomic mass is 9.95. The Morgan fingerprint density at radius 2 is 1.91 bits per heavy atom. The van der Waals surface area contributed by atoms with E-state index in [9.17, 15) is 14.0 Å². The number of benzene rings is 1. The van der Waals surface area contributed by atoms with Crippen LogP contribution in [0.4, 0.5) is 4.39 Å². The first-order valence-corrected chi connectivity index (χ1v) is 8.03. The highest BCUT2D eigenvalue weighted by Gasteiger charge is 2.28. The molecule has 126 valence electrons. The Morgan fingerprint density at radius 3 is 2.48 bits per heavy atom. The van der Waals surface area contributed by atoms with Gasteiger partial charge in [-0.15, -0.1) is 0 Å². The zero-order valence-electron chi connectivity index (χ0n) is 13.4. The van der Waals surface area contributed by atoms with Gasteiger partial charge in [-0.05, 0) is 57.0 Å². The molecule has 0 aromatic heterocycles. The van der Waals surface area contributed by atoms with E-state index in [2.05, 4.69) is 10.2 Å². The van der Waals surface area contributed by atoms with Gasteiger partial charge >= 0.3 is 0 Å². The molecule has 6 heteroatoms. The number of nitrogens with zero attached hydrogens (tertiary/aromatic N) is 1. The van der Waals surface area contributed by atoms with Crippen LogP contribution in [0.15, 0.2) is 24.3 Å². The number of primary amides is 1. The third-order valence-corrected chi connectivity index (χ3v) is 4.49. The first-order valence-electron chi connectivity index (χ1n) is 8.03. The second-order valence-corrected chi connectivity index (χ2v) is 6.06. The van der Waals surface area contributed by atoms with E-state index in [1.807, 2.05) is 6.92 Å². The van der Waals surface area contributed by atoms with Crippen molar-refractivity contribution in [3.05, 3.63) is 35.6 Å². The van der Waals surface area contributed by atoms with Crippen molar-refractivity contribution in [2.75, 3.05) is 19.6 Å². The molecule has 0 unspecified atom stereocenters. The lowest BCUT2D eigenvalue weighted by molar-refractivity contribution is -0.127.